The number of hydrogen-bond acceptors (Lipinski definition) is 5. The highest BCUT2D eigenvalue weighted by Gasteiger charge is 2.50. The Morgan fingerprint density at radius 2 is 1.17 bits per heavy atom. The molecule has 2 N–H and O–H groups in total. The molecule has 5 rings (SSSR count). The monoisotopic (exact) mass is 484 g/mol. The Morgan fingerprint density at radius 1 is 0.694 bits per heavy atom. The summed E-state index contributed by atoms with van der Waals surface area (Å²) in [7, 11) is 0. The highest BCUT2D eigenvalue weighted by molar-refractivity contribution is 6.27. The van der Waals surface area contributed by atoms with Gasteiger partial charge >= 0.3 is 12.1 Å². The van der Waals surface area contributed by atoms with E-state index in [-0.39, 0.29) is 18.5 Å². The van der Waals surface area contributed by atoms with Crippen molar-refractivity contribution >= 4 is 41.2 Å². The molecule has 2 heterocycles. The number of nitrogens with zero attached hydrogens (tertiary/aromatic N) is 2. The molecule has 3 aromatic rings. The molecule has 0 aromatic heterocycles. The Bertz CT molecular complexity index is 1280. The lowest BCUT2D eigenvalue weighted by Crippen LogP contribution is -2.64. The first-order chi connectivity index (χ1) is 17.4. The highest BCUT2D eigenvalue weighted by atomic mass is 16.2. The maximum absolute atomic E-state index is 12.3. The summed E-state index contributed by atoms with van der Waals surface area (Å²) in [6.07, 6.45) is 0.294. The number of rotatable bonds is 4. The van der Waals surface area contributed by atoms with Gasteiger partial charge in [-0.3, -0.25) is 29.9 Å². The zero-order valence-corrected chi connectivity index (χ0v) is 19.5. The summed E-state index contributed by atoms with van der Waals surface area (Å²) < 4.78 is 0. The molecule has 0 unspecified atom stereocenters. The van der Waals surface area contributed by atoms with Gasteiger partial charge in [-0.25, -0.2) is 14.5 Å². The van der Waals surface area contributed by atoms with Crippen molar-refractivity contribution in [1.29, 1.82) is 0 Å². The lowest BCUT2D eigenvalue weighted by molar-refractivity contribution is -0.138. The minimum absolute atomic E-state index is 0.0811. The third-order valence-electron chi connectivity index (χ3n) is 6.07. The number of barbiturate groups is 1. The maximum atomic E-state index is 12.3. The Kier molecular flexibility index (Phi) is 6.91. The minimum Gasteiger partial charge on any atom is -0.284 e. The van der Waals surface area contributed by atoms with Gasteiger partial charge in [0.2, 0.25) is 11.8 Å². The third-order valence-corrected chi connectivity index (χ3v) is 6.07. The summed E-state index contributed by atoms with van der Waals surface area (Å²) in [5.74, 6) is -1.35. The molecule has 0 bridgehead atoms. The van der Waals surface area contributed by atoms with Crippen LogP contribution < -0.4 is 20.4 Å². The lowest BCUT2D eigenvalue weighted by Gasteiger charge is -2.33. The van der Waals surface area contributed by atoms with Crippen molar-refractivity contribution < 1.29 is 24.0 Å². The van der Waals surface area contributed by atoms with E-state index in [1.165, 1.54) is 9.80 Å². The van der Waals surface area contributed by atoms with E-state index in [0.717, 1.165) is 5.69 Å². The highest BCUT2D eigenvalue weighted by Crippen LogP contribution is 2.30. The molecule has 2 saturated heterocycles. The van der Waals surface area contributed by atoms with E-state index < -0.39 is 23.3 Å². The normalized spacial score (nSPS) is 16.8. The molecule has 2 fully saturated rings. The SMILES string of the molecule is CCC1(c2ccccc2)C(=O)NC(=O)NC1=O.O=C1CN(c2ccccc2)C(=O)N1c1ccccc1. The molecule has 182 valence electrons. The van der Waals surface area contributed by atoms with Crippen LogP contribution in [0.15, 0.2) is 91.0 Å². The number of para-hydroxylation sites is 2. The zero-order valence-electron chi connectivity index (χ0n) is 19.5. The van der Waals surface area contributed by atoms with E-state index >= 15 is 0 Å². The van der Waals surface area contributed by atoms with Crippen LogP contribution in [-0.2, 0) is 19.8 Å². The smallest absolute Gasteiger partial charge is 0.284 e. The van der Waals surface area contributed by atoms with E-state index in [2.05, 4.69) is 10.6 Å². The van der Waals surface area contributed by atoms with Gasteiger partial charge in [0, 0.05) is 5.69 Å². The fraction of sp³-hybridized carbons (Fsp3) is 0.148. The predicted molar refractivity (Wildman–Crippen MR) is 133 cm³/mol. The molecule has 9 nitrogen and oxygen atoms in total. The van der Waals surface area contributed by atoms with Crippen LogP contribution in [0.2, 0.25) is 0 Å². The van der Waals surface area contributed by atoms with Crippen LogP contribution in [0.1, 0.15) is 18.9 Å². The summed E-state index contributed by atoms with van der Waals surface area (Å²) in [5.41, 5.74) is 0.620. The van der Waals surface area contributed by atoms with Gasteiger partial charge in [0.1, 0.15) is 6.54 Å². The van der Waals surface area contributed by atoms with E-state index in [0.29, 0.717) is 17.7 Å². The number of carbonyl (C=O) groups is 5. The second-order valence-electron chi connectivity index (χ2n) is 8.13. The van der Waals surface area contributed by atoms with Crippen LogP contribution in [0.25, 0.3) is 0 Å². The van der Waals surface area contributed by atoms with Gasteiger partial charge in [0.05, 0.1) is 5.69 Å². The van der Waals surface area contributed by atoms with Gasteiger partial charge in [-0.2, -0.15) is 0 Å². The van der Waals surface area contributed by atoms with Gasteiger partial charge in [-0.15, -0.1) is 0 Å². The van der Waals surface area contributed by atoms with Crippen LogP contribution >= 0.6 is 0 Å². The number of nitrogens with one attached hydrogen (secondary N) is 2. The molecule has 2 aliphatic heterocycles. The molecule has 0 aliphatic carbocycles. The first-order valence-electron chi connectivity index (χ1n) is 11.4. The molecule has 9 heteroatoms. The summed E-state index contributed by atoms with van der Waals surface area (Å²) >= 11 is 0. The maximum Gasteiger partial charge on any atom is 0.336 e. The largest absolute Gasteiger partial charge is 0.336 e. The van der Waals surface area contributed by atoms with Crippen LogP contribution in [0.5, 0.6) is 0 Å². The quantitative estimate of drug-likeness (QED) is 0.435. The van der Waals surface area contributed by atoms with Crippen molar-refractivity contribution in [2.24, 2.45) is 0 Å². The van der Waals surface area contributed by atoms with Crippen molar-refractivity contribution in [3.05, 3.63) is 96.6 Å². The molecule has 0 atom stereocenters. The molecule has 3 aromatic carbocycles. The van der Waals surface area contributed by atoms with Crippen molar-refractivity contribution in [3.8, 4) is 0 Å². The molecular formula is C27H24N4O5. The van der Waals surface area contributed by atoms with Crippen molar-refractivity contribution in [1.82, 2.24) is 10.6 Å². The number of amides is 7. The Morgan fingerprint density at radius 3 is 1.67 bits per heavy atom. The van der Waals surface area contributed by atoms with Crippen molar-refractivity contribution in [2.45, 2.75) is 18.8 Å². The van der Waals surface area contributed by atoms with E-state index in [1.807, 2.05) is 36.4 Å². The average molecular weight is 485 g/mol. The molecular weight excluding hydrogens is 460 g/mol. The zero-order chi connectivity index (χ0) is 25.7. The summed E-state index contributed by atoms with van der Waals surface area (Å²) in [6, 6.07) is 25.8. The van der Waals surface area contributed by atoms with Crippen LogP contribution in [-0.4, -0.2) is 36.3 Å². The fourth-order valence-corrected chi connectivity index (χ4v) is 4.21. The summed E-state index contributed by atoms with van der Waals surface area (Å²) in [6.45, 7) is 1.82. The Hall–Kier alpha value is -4.79. The average Bonchev–Trinajstić information content (AvgIpc) is 3.20. The molecule has 2 aliphatic rings. The summed E-state index contributed by atoms with van der Waals surface area (Å²) in [4.78, 5) is 62.1. The number of anilines is 2. The van der Waals surface area contributed by atoms with Gasteiger partial charge in [-0.1, -0.05) is 73.7 Å². The second-order valence-corrected chi connectivity index (χ2v) is 8.13. The van der Waals surface area contributed by atoms with Crippen molar-refractivity contribution in [2.75, 3.05) is 16.3 Å². The van der Waals surface area contributed by atoms with Gasteiger partial charge in [0.25, 0.3) is 5.91 Å². The van der Waals surface area contributed by atoms with Crippen LogP contribution in [0.4, 0.5) is 21.0 Å². The second kappa shape index (κ2) is 10.2. The van der Waals surface area contributed by atoms with Gasteiger partial charge in [0.15, 0.2) is 5.41 Å². The predicted octanol–water partition coefficient (Wildman–Crippen LogP) is 3.36. The minimum atomic E-state index is -1.31. The molecule has 0 radical (unpaired) electrons. The van der Waals surface area contributed by atoms with Gasteiger partial charge in [-0.05, 0) is 36.2 Å². The first kappa shape index (κ1) is 24.3. The molecule has 36 heavy (non-hydrogen) atoms. The summed E-state index contributed by atoms with van der Waals surface area (Å²) in [5, 5.41) is 4.28. The number of carbonyl (C=O) groups excluding carboxylic acids is 5. The van der Waals surface area contributed by atoms with E-state index in [9.17, 15) is 24.0 Å². The first-order valence-corrected chi connectivity index (χ1v) is 11.4. The standard InChI is InChI=1S/C15H12N2O2.C12H12N2O3/c18-14-11-16(12-7-3-1-4-8-12)15(19)17(14)13-9-5-2-6-10-13;1-2-12(8-6-4-3-5-7-8)9(15)13-11(17)14-10(12)16/h1-10H,11H2;3-7H,2H2,1H3,(H2,13,14,15,16,17). The van der Waals surface area contributed by atoms with E-state index in [1.54, 1.807) is 61.5 Å². The Labute approximate surface area is 207 Å². The molecule has 0 spiro atoms. The number of benzene rings is 3. The molecule has 0 saturated carbocycles. The van der Waals surface area contributed by atoms with Crippen molar-refractivity contribution in [3.63, 3.8) is 0 Å². The number of hydrogen-bond donors (Lipinski definition) is 2. The lowest BCUT2D eigenvalue weighted by atomic mass is 9.75. The number of imide groups is 3. The third kappa shape index (κ3) is 4.46. The van der Waals surface area contributed by atoms with Crippen LogP contribution in [0.3, 0.4) is 0 Å². The topological polar surface area (TPSA) is 116 Å². The number of urea groups is 2. The van der Waals surface area contributed by atoms with E-state index in [4.69, 9.17) is 0 Å². The van der Waals surface area contributed by atoms with Crippen LogP contribution in [0, 0.1) is 0 Å². The fourth-order valence-electron chi connectivity index (χ4n) is 4.21. The Balaban J connectivity index is 0.000000170. The molecule has 7 amide bonds. The van der Waals surface area contributed by atoms with Gasteiger partial charge < -0.3 is 0 Å².